The van der Waals surface area contributed by atoms with Crippen LogP contribution in [-0.2, 0) is 7.05 Å². The van der Waals surface area contributed by atoms with E-state index in [1.807, 2.05) is 32.8 Å². The van der Waals surface area contributed by atoms with E-state index >= 15 is 0 Å². The van der Waals surface area contributed by atoms with Gasteiger partial charge in [0, 0.05) is 13.2 Å². The Labute approximate surface area is 49.1 Å². The second-order valence-electron chi connectivity index (χ2n) is 1.74. The molecule has 1 heterocycles. The zero-order valence-electron chi connectivity index (χ0n) is 5.13. The predicted molar refractivity (Wildman–Crippen MR) is 32.3 cm³/mol. The highest BCUT2D eigenvalue weighted by Gasteiger charge is 1.88. The zero-order valence-corrected chi connectivity index (χ0v) is 5.13. The summed E-state index contributed by atoms with van der Waals surface area (Å²) in [5, 5.41) is 3.97. The van der Waals surface area contributed by atoms with Crippen LogP contribution in [0.4, 0.5) is 0 Å². The molecule has 0 saturated heterocycles. The lowest BCUT2D eigenvalue weighted by molar-refractivity contribution is 0.767. The van der Waals surface area contributed by atoms with Crippen LogP contribution in [0, 0.1) is 6.42 Å². The lowest BCUT2D eigenvalue weighted by atomic mass is 10.3. The fraction of sp³-hybridized carbons (Fsp3) is 0.333. The van der Waals surface area contributed by atoms with E-state index in [2.05, 4.69) is 5.10 Å². The van der Waals surface area contributed by atoms with Gasteiger partial charge in [0.25, 0.3) is 0 Å². The molecular weight excluding hydrogens is 100 g/mol. The van der Waals surface area contributed by atoms with Gasteiger partial charge in [-0.15, -0.1) is 0 Å². The first kappa shape index (κ1) is 5.35. The van der Waals surface area contributed by atoms with E-state index in [1.165, 1.54) is 5.56 Å². The fourth-order valence-corrected chi connectivity index (χ4v) is 0.589. The number of hydrogen-bond donors (Lipinski definition) is 0. The molecular formula is C6H9N2. The van der Waals surface area contributed by atoms with Crippen LogP contribution in [0.5, 0.6) is 0 Å². The molecule has 0 N–H and O–H groups in total. The van der Waals surface area contributed by atoms with Crippen molar-refractivity contribution in [3.05, 3.63) is 24.4 Å². The van der Waals surface area contributed by atoms with E-state index < -0.39 is 0 Å². The fourth-order valence-electron chi connectivity index (χ4n) is 0.589. The lowest BCUT2D eigenvalue weighted by Crippen LogP contribution is -1.84. The van der Waals surface area contributed by atoms with Gasteiger partial charge in [0.1, 0.15) is 0 Å². The largest absolute Gasteiger partial charge is 0.276 e. The molecule has 0 aliphatic heterocycles. The van der Waals surface area contributed by atoms with Crippen LogP contribution in [0.1, 0.15) is 12.5 Å². The molecule has 0 spiro atoms. The van der Waals surface area contributed by atoms with Gasteiger partial charge in [-0.1, -0.05) is 6.92 Å². The minimum absolute atomic E-state index is 1.17. The average molecular weight is 109 g/mol. The van der Waals surface area contributed by atoms with Gasteiger partial charge in [0.15, 0.2) is 0 Å². The minimum atomic E-state index is 1.17. The summed E-state index contributed by atoms with van der Waals surface area (Å²) in [5.41, 5.74) is 1.17. The summed E-state index contributed by atoms with van der Waals surface area (Å²) in [6, 6.07) is 0. The maximum absolute atomic E-state index is 3.97. The molecule has 8 heavy (non-hydrogen) atoms. The van der Waals surface area contributed by atoms with Crippen LogP contribution in [0.2, 0.25) is 0 Å². The van der Waals surface area contributed by atoms with Crippen LogP contribution in [0.15, 0.2) is 12.4 Å². The quantitative estimate of drug-likeness (QED) is 0.526. The summed E-state index contributed by atoms with van der Waals surface area (Å²) in [7, 11) is 1.91. The van der Waals surface area contributed by atoms with Crippen LogP contribution in [0.25, 0.3) is 0 Å². The van der Waals surface area contributed by atoms with Crippen molar-refractivity contribution < 1.29 is 0 Å². The van der Waals surface area contributed by atoms with Gasteiger partial charge < -0.3 is 0 Å². The molecule has 1 aromatic heterocycles. The van der Waals surface area contributed by atoms with Crippen LogP contribution in [0.3, 0.4) is 0 Å². The number of nitrogens with zero attached hydrogens (tertiary/aromatic N) is 2. The maximum atomic E-state index is 3.97. The molecule has 2 heteroatoms. The SMILES string of the molecule is C[CH]c1cnn(C)c1. The van der Waals surface area contributed by atoms with Crippen LogP contribution >= 0.6 is 0 Å². The molecule has 0 aliphatic rings. The molecule has 1 aromatic rings. The van der Waals surface area contributed by atoms with E-state index in [1.54, 1.807) is 4.68 Å². The molecule has 0 bridgehead atoms. The summed E-state index contributed by atoms with van der Waals surface area (Å²) < 4.78 is 1.79. The molecule has 43 valence electrons. The predicted octanol–water partition coefficient (Wildman–Crippen LogP) is 0.992. The van der Waals surface area contributed by atoms with Crippen LogP contribution < -0.4 is 0 Å². The summed E-state index contributed by atoms with van der Waals surface area (Å²) >= 11 is 0. The number of hydrogen-bond acceptors (Lipinski definition) is 1. The molecule has 0 aromatic carbocycles. The zero-order chi connectivity index (χ0) is 5.98. The topological polar surface area (TPSA) is 17.8 Å². The minimum Gasteiger partial charge on any atom is -0.276 e. The third kappa shape index (κ3) is 0.886. The molecule has 0 saturated carbocycles. The van der Waals surface area contributed by atoms with Crippen molar-refractivity contribution >= 4 is 0 Å². The van der Waals surface area contributed by atoms with Gasteiger partial charge in [0.2, 0.25) is 0 Å². The van der Waals surface area contributed by atoms with E-state index in [4.69, 9.17) is 0 Å². The first-order valence-corrected chi connectivity index (χ1v) is 2.61. The van der Waals surface area contributed by atoms with Gasteiger partial charge in [-0.25, -0.2) is 0 Å². The number of aryl methyl sites for hydroxylation is 1. The molecule has 2 nitrogen and oxygen atoms in total. The van der Waals surface area contributed by atoms with Crippen molar-refractivity contribution in [2.24, 2.45) is 7.05 Å². The smallest absolute Gasteiger partial charge is 0.0524 e. The Kier molecular flexibility index (Phi) is 1.33. The highest BCUT2D eigenvalue weighted by Crippen LogP contribution is 1.96. The van der Waals surface area contributed by atoms with Gasteiger partial charge in [-0.2, -0.15) is 5.10 Å². The molecule has 1 rings (SSSR count). The average Bonchev–Trinajstić information content (AvgIpc) is 2.14. The molecule has 0 amide bonds. The normalized spacial score (nSPS) is 9.75. The Morgan fingerprint density at radius 2 is 2.50 bits per heavy atom. The summed E-state index contributed by atoms with van der Waals surface area (Å²) in [5.74, 6) is 0. The van der Waals surface area contributed by atoms with Gasteiger partial charge in [-0.3, -0.25) is 4.68 Å². The molecule has 0 atom stereocenters. The van der Waals surface area contributed by atoms with Crippen molar-refractivity contribution in [1.29, 1.82) is 0 Å². The Morgan fingerprint density at radius 1 is 1.75 bits per heavy atom. The third-order valence-corrected chi connectivity index (χ3v) is 1.06. The van der Waals surface area contributed by atoms with Crippen molar-refractivity contribution in [2.45, 2.75) is 6.92 Å². The second-order valence-corrected chi connectivity index (χ2v) is 1.74. The first-order valence-electron chi connectivity index (χ1n) is 2.61. The number of aromatic nitrogens is 2. The van der Waals surface area contributed by atoms with E-state index in [-0.39, 0.29) is 0 Å². The highest BCUT2D eigenvalue weighted by molar-refractivity contribution is 5.12. The number of rotatable bonds is 1. The van der Waals surface area contributed by atoms with Gasteiger partial charge in [0.05, 0.1) is 6.20 Å². The molecule has 0 aliphatic carbocycles. The summed E-state index contributed by atoms with van der Waals surface area (Å²) in [4.78, 5) is 0. The van der Waals surface area contributed by atoms with Gasteiger partial charge >= 0.3 is 0 Å². The molecule has 1 radical (unpaired) electrons. The van der Waals surface area contributed by atoms with E-state index in [0.29, 0.717) is 0 Å². The Hall–Kier alpha value is -0.790. The standard InChI is InChI=1S/C6H9N2/c1-3-6-4-7-8(2)5-6/h3-5H,1-2H3. The Balaban J connectivity index is 2.84. The third-order valence-electron chi connectivity index (χ3n) is 1.06. The summed E-state index contributed by atoms with van der Waals surface area (Å²) in [6.07, 6.45) is 5.83. The highest BCUT2D eigenvalue weighted by atomic mass is 15.2. The van der Waals surface area contributed by atoms with Crippen molar-refractivity contribution in [3.8, 4) is 0 Å². The van der Waals surface area contributed by atoms with E-state index in [9.17, 15) is 0 Å². The molecule has 0 unspecified atom stereocenters. The Morgan fingerprint density at radius 3 is 2.75 bits per heavy atom. The second kappa shape index (κ2) is 1.99. The monoisotopic (exact) mass is 109 g/mol. The van der Waals surface area contributed by atoms with Crippen molar-refractivity contribution in [2.75, 3.05) is 0 Å². The van der Waals surface area contributed by atoms with Crippen molar-refractivity contribution in [3.63, 3.8) is 0 Å². The van der Waals surface area contributed by atoms with Crippen LogP contribution in [-0.4, -0.2) is 9.78 Å². The first-order chi connectivity index (χ1) is 3.83. The van der Waals surface area contributed by atoms with Gasteiger partial charge in [-0.05, 0) is 12.0 Å². The molecule has 0 fully saturated rings. The maximum Gasteiger partial charge on any atom is 0.0524 e. The van der Waals surface area contributed by atoms with E-state index in [0.717, 1.165) is 0 Å². The van der Waals surface area contributed by atoms with Crippen molar-refractivity contribution in [1.82, 2.24) is 9.78 Å². The lowest BCUT2D eigenvalue weighted by Gasteiger charge is -1.81. The Bertz CT molecular complexity index is 167. The summed E-state index contributed by atoms with van der Waals surface area (Å²) in [6.45, 7) is 2.00.